The van der Waals surface area contributed by atoms with Gasteiger partial charge in [-0.2, -0.15) is 0 Å². The van der Waals surface area contributed by atoms with Gasteiger partial charge in [0.1, 0.15) is 29.5 Å². The summed E-state index contributed by atoms with van der Waals surface area (Å²) in [6.07, 6.45) is -0.760. The number of carbonyl (C=O) groups is 3. The SMILES string of the molecule is CC(=O)[C@]1(O)Cc2c(O)c3c(c(O)c2[C@@H](O[C@H]2C[C@H](N)[C@H](O)[C@H](C)O2)C1)C(=O)c1ccccc1C3=O.CC/C(=C(\c1ccc(I)cc1)c1ccc(OCCN2CCCC2)cc1)c1ccccc1. The number of likely N-dealkylation sites (tertiary alicyclic amines) is 1. The molecule has 0 radical (unpaired) electrons. The summed E-state index contributed by atoms with van der Waals surface area (Å²) in [7, 11) is 0. The normalized spacial score (nSPS) is 23.8. The van der Waals surface area contributed by atoms with Crippen LogP contribution < -0.4 is 10.5 Å². The number of phenols is 2. The highest BCUT2D eigenvalue weighted by molar-refractivity contribution is 14.1. The highest BCUT2D eigenvalue weighted by Crippen LogP contribution is 2.52. The van der Waals surface area contributed by atoms with Gasteiger partial charge >= 0.3 is 0 Å². The fourth-order valence-electron chi connectivity index (χ4n) is 9.74. The number of aliphatic hydroxyl groups is 2. The van der Waals surface area contributed by atoms with Crippen LogP contribution in [0.1, 0.15) is 119 Å². The number of nitrogens with zero attached hydrogens (tertiary/aromatic N) is 1. The molecule has 0 saturated carbocycles. The van der Waals surface area contributed by atoms with Crippen molar-refractivity contribution in [2.24, 2.45) is 5.73 Å². The average Bonchev–Trinajstić information content (AvgIpc) is 3.85. The summed E-state index contributed by atoms with van der Waals surface area (Å²) in [5, 5.41) is 43.8. The first-order valence-electron chi connectivity index (χ1n) is 23.0. The van der Waals surface area contributed by atoms with E-state index in [0.29, 0.717) is 0 Å². The fourth-order valence-corrected chi connectivity index (χ4v) is 10.1. The maximum atomic E-state index is 13.3. The van der Waals surface area contributed by atoms with Crippen molar-refractivity contribution in [1.29, 1.82) is 0 Å². The number of halogens is 1. The number of carbonyl (C=O) groups excluding carboxylic acids is 3. The van der Waals surface area contributed by atoms with Gasteiger partial charge in [-0.05, 0) is 121 Å². The van der Waals surface area contributed by atoms with Gasteiger partial charge in [-0.3, -0.25) is 19.3 Å². The minimum atomic E-state index is -1.97. The van der Waals surface area contributed by atoms with Crippen LogP contribution in [0.2, 0.25) is 0 Å². The smallest absolute Gasteiger partial charge is 0.198 e. The minimum absolute atomic E-state index is 0.00588. The molecule has 5 aromatic rings. The first-order chi connectivity index (χ1) is 32.2. The molecule has 0 unspecified atom stereocenters. The van der Waals surface area contributed by atoms with Gasteiger partial charge in [0.15, 0.2) is 23.6 Å². The van der Waals surface area contributed by atoms with Crippen LogP contribution in [-0.2, 0) is 20.7 Å². The van der Waals surface area contributed by atoms with E-state index >= 15 is 0 Å². The summed E-state index contributed by atoms with van der Waals surface area (Å²) in [5.41, 5.74) is 9.81. The van der Waals surface area contributed by atoms with Crippen LogP contribution in [0.25, 0.3) is 11.1 Å². The second-order valence-electron chi connectivity index (χ2n) is 17.8. The predicted molar refractivity (Wildman–Crippen MR) is 263 cm³/mol. The van der Waals surface area contributed by atoms with Crippen molar-refractivity contribution in [3.05, 3.63) is 157 Å². The number of ketones is 3. The van der Waals surface area contributed by atoms with Crippen LogP contribution in [0, 0.1) is 3.57 Å². The molecule has 12 nitrogen and oxygen atoms in total. The lowest BCUT2D eigenvalue weighted by molar-refractivity contribution is -0.247. The number of allylic oxidation sites excluding steroid dienone is 1. The Morgan fingerprint density at radius 3 is 2.01 bits per heavy atom. The van der Waals surface area contributed by atoms with Crippen molar-refractivity contribution < 1.29 is 49.0 Å². The highest BCUT2D eigenvalue weighted by Gasteiger charge is 2.49. The lowest BCUT2D eigenvalue weighted by Gasteiger charge is -2.42. The quantitative estimate of drug-likeness (QED) is 0.0477. The number of phenolic OH excluding ortho intramolecular Hbond substituents is 2. The van der Waals surface area contributed by atoms with E-state index in [9.17, 15) is 34.8 Å². The number of Topliss-reactive ketones (excluding diaryl/α,β-unsaturated/α-hetero) is 1. The van der Waals surface area contributed by atoms with Crippen LogP contribution in [0.4, 0.5) is 0 Å². The Balaban J connectivity index is 0.000000184. The monoisotopic (exact) mass is 1020 g/mol. The number of fused-ring (bicyclic) bond motifs is 3. The molecule has 9 rings (SSSR count). The van der Waals surface area contributed by atoms with Crippen molar-refractivity contribution in [3.63, 3.8) is 0 Å². The fraction of sp³-hybridized carbons (Fsp3) is 0.352. The second-order valence-corrected chi connectivity index (χ2v) is 19.0. The minimum Gasteiger partial charge on any atom is -0.507 e. The number of rotatable bonds is 11. The van der Waals surface area contributed by atoms with Crippen molar-refractivity contribution in [2.45, 2.75) is 95.5 Å². The van der Waals surface area contributed by atoms with Gasteiger partial charge < -0.3 is 40.4 Å². The van der Waals surface area contributed by atoms with E-state index < -0.39 is 71.5 Å². The van der Waals surface area contributed by atoms with Crippen molar-refractivity contribution in [2.75, 3.05) is 26.2 Å². The second kappa shape index (κ2) is 20.5. The van der Waals surface area contributed by atoms with Crippen LogP contribution in [0.3, 0.4) is 0 Å². The first kappa shape index (κ1) is 48.2. The standard InChI is InChI=1S/C28H30INO.C26H27NO9/c1-2-27(22-8-4-3-5-9-22)28(23-10-14-25(29)15-11-23)24-12-16-26(17-13-24)31-21-20-30-18-6-7-19-30;1-10-21(29)15(27)7-17(35-10)36-16-9-26(34,11(2)28)8-14-18(16)25(33)20-19(24(14)32)22(30)12-5-3-4-6-13(12)23(20)31/h3-5,8-17H,2,6-7,18-21H2,1H3;3-6,10,15-17,21,29,32-34H,7-9,27H2,1-2H3/b28-27-;/t;10-,15-,16-,17-,21+,26-/m.0/s1. The van der Waals surface area contributed by atoms with E-state index in [-0.39, 0.29) is 46.2 Å². The number of hydrogen-bond acceptors (Lipinski definition) is 12. The van der Waals surface area contributed by atoms with Crippen LogP contribution >= 0.6 is 22.6 Å². The van der Waals surface area contributed by atoms with Crippen molar-refractivity contribution in [1.82, 2.24) is 4.90 Å². The molecule has 0 bridgehead atoms. The zero-order valence-corrected chi connectivity index (χ0v) is 40.1. The molecular weight excluding hydrogens is 964 g/mol. The molecule has 2 fully saturated rings. The molecule has 5 aromatic carbocycles. The van der Waals surface area contributed by atoms with Gasteiger partial charge in [-0.1, -0.05) is 85.8 Å². The van der Waals surface area contributed by atoms with E-state index in [2.05, 4.69) is 113 Å². The molecule has 13 heteroatoms. The highest BCUT2D eigenvalue weighted by atomic mass is 127. The summed E-state index contributed by atoms with van der Waals surface area (Å²) in [6.45, 7) is 9.24. The van der Waals surface area contributed by atoms with Crippen molar-refractivity contribution in [3.8, 4) is 17.2 Å². The van der Waals surface area contributed by atoms with Gasteiger partial charge in [0.25, 0.3) is 0 Å². The van der Waals surface area contributed by atoms with E-state index in [1.807, 2.05) is 0 Å². The summed E-state index contributed by atoms with van der Waals surface area (Å²) in [4.78, 5) is 41.5. The lowest BCUT2D eigenvalue weighted by Crippen LogP contribution is -2.52. The molecule has 6 atom stereocenters. The Kier molecular flexibility index (Phi) is 14.8. The summed E-state index contributed by atoms with van der Waals surface area (Å²) < 4.78 is 19.0. The predicted octanol–water partition coefficient (Wildman–Crippen LogP) is 8.16. The van der Waals surface area contributed by atoms with E-state index in [1.165, 1.54) is 76.4 Å². The molecule has 67 heavy (non-hydrogen) atoms. The van der Waals surface area contributed by atoms with Gasteiger partial charge in [0, 0.05) is 57.7 Å². The number of benzene rings is 5. The zero-order valence-electron chi connectivity index (χ0n) is 37.9. The Hall–Kier alpha value is -5.26. The average molecular weight is 1020 g/mol. The van der Waals surface area contributed by atoms with Crippen LogP contribution in [0.5, 0.6) is 17.2 Å². The Labute approximate surface area is 404 Å². The molecule has 0 aromatic heterocycles. The van der Waals surface area contributed by atoms with Gasteiger partial charge in [0.2, 0.25) is 0 Å². The molecule has 2 aliphatic heterocycles. The van der Waals surface area contributed by atoms with E-state index in [4.69, 9.17) is 19.9 Å². The summed E-state index contributed by atoms with van der Waals surface area (Å²) >= 11 is 2.37. The Bertz CT molecular complexity index is 2650. The topological polar surface area (TPSA) is 189 Å². The molecule has 4 aliphatic rings. The van der Waals surface area contributed by atoms with E-state index in [0.717, 1.165) is 25.3 Å². The number of aliphatic hydroxyl groups excluding tert-OH is 1. The third kappa shape index (κ3) is 10.0. The third-order valence-corrected chi connectivity index (χ3v) is 14.1. The van der Waals surface area contributed by atoms with Crippen LogP contribution in [-0.4, -0.2) is 99.1 Å². The lowest BCUT2D eigenvalue weighted by atomic mass is 9.72. The number of nitrogens with two attached hydrogens (primary N) is 1. The largest absolute Gasteiger partial charge is 0.507 e. The summed E-state index contributed by atoms with van der Waals surface area (Å²) in [6, 6.07) is 33.6. The molecule has 0 amide bonds. The molecule has 350 valence electrons. The van der Waals surface area contributed by atoms with Crippen molar-refractivity contribution >= 4 is 51.1 Å². The molecule has 6 N–H and O–H groups in total. The summed E-state index contributed by atoms with van der Waals surface area (Å²) in [5.74, 6) is -2.11. The van der Waals surface area contributed by atoms with Gasteiger partial charge in [-0.15, -0.1) is 0 Å². The maximum Gasteiger partial charge on any atom is 0.198 e. The molecular formula is C54H57IN2O10. The Morgan fingerprint density at radius 1 is 0.851 bits per heavy atom. The van der Waals surface area contributed by atoms with Gasteiger partial charge in [0.05, 0.1) is 29.4 Å². The molecule has 2 aliphatic carbocycles. The zero-order chi connectivity index (χ0) is 47.6. The molecule has 0 spiro atoms. The first-order valence-corrected chi connectivity index (χ1v) is 24.0. The molecule has 2 heterocycles. The number of aromatic hydroxyl groups is 2. The van der Waals surface area contributed by atoms with Gasteiger partial charge in [-0.25, -0.2) is 0 Å². The van der Waals surface area contributed by atoms with E-state index in [1.54, 1.807) is 19.1 Å². The van der Waals surface area contributed by atoms with Crippen LogP contribution in [0.15, 0.2) is 103 Å². The maximum absolute atomic E-state index is 13.3. The number of ether oxygens (including phenoxy) is 3. The third-order valence-electron chi connectivity index (χ3n) is 13.4. The molecule has 2 saturated heterocycles. The number of hydrogen-bond donors (Lipinski definition) is 5. The Morgan fingerprint density at radius 2 is 1.43 bits per heavy atom.